The first-order chi connectivity index (χ1) is 17.8. The topological polar surface area (TPSA) is 123 Å². The Bertz CT molecular complexity index is 1210. The SMILES string of the molecule is COc1ccc(-c2nc(C)no2)cc1CC(=O)NC(C(=O)NCC(=O)CSCc1ccccc1)C(C)C. The van der Waals surface area contributed by atoms with Crippen LogP contribution in [0.4, 0.5) is 0 Å². The van der Waals surface area contributed by atoms with Gasteiger partial charge in [0.25, 0.3) is 5.89 Å². The Morgan fingerprint density at radius 2 is 1.86 bits per heavy atom. The molecule has 2 amide bonds. The van der Waals surface area contributed by atoms with Crippen molar-refractivity contribution < 1.29 is 23.6 Å². The highest BCUT2D eigenvalue weighted by molar-refractivity contribution is 7.99. The Kier molecular flexibility index (Phi) is 10.3. The van der Waals surface area contributed by atoms with E-state index in [1.54, 1.807) is 25.1 Å². The number of thioether (sulfide) groups is 1. The van der Waals surface area contributed by atoms with E-state index in [0.29, 0.717) is 34.3 Å². The van der Waals surface area contributed by atoms with Gasteiger partial charge in [-0.2, -0.15) is 4.98 Å². The van der Waals surface area contributed by atoms with E-state index in [0.717, 1.165) is 11.3 Å². The number of amides is 2. The highest BCUT2D eigenvalue weighted by Gasteiger charge is 2.25. The van der Waals surface area contributed by atoms with Gasteiger partial charge in [-0.1, -0.05) is 49.3 Å². The molecule has 9 nitrogen and oxygen atoms in total. The molecule has 0 fully saturated rings. The zero-order chi connectivity index (χ0) is 26.8. The lowest BCUT2D eigenvalue weighted by atomic mass is 10.0. The van der Waals surface area contributed by atoms with Gasteiger partial charge in [-0.05, 0) is 36.6 Å². The summed E-state index contributed by atoms with van der Waals surface area (Å²) in [6.45, 7) is 5.31. The maximum absolute atomic E-state index is 12.9. The summed E-state index contributed by atoms with van der Waals surface area (Å²) < 4.78 is 10.6. The number of aromatic nitrogens is 2. The summed E-state index contributed by atoms with van der Waals surface area (Å²) in [4.78, 5) is 42.2. The molecule has 1 aromatic heterocycles. The van der Waals surface area contributed by atoms with Gasteiger partial charge in [-0.25, -0.2) is 0 Å². The smallest absolute Gasteiger partial charge is 0.257 e. The predicted octanol–water partition coefficient (Wildman–Crippen LogP) is 3.36. The van der Waals surface area contributed by atoms with Crippen molar-refractivity contribution in [1.29, 1.82) is 0 Å². The van der Waals surface area contributed by atoms with Crippen LogP contribution in [0.1, 0.15) is 30.8 Å². The number of ketones is 1. The Hall–Kier alpha value is -3.66. The van der Waals surface area contributed by atoms with E-state index >= 15 is 0 Å². The van der Waals surface area contributed by atoms with Gasteiger partial charge in [0.2, 0.25) is 11.8 Å². The molecule has 0 saturated heterocycles. The number of Topliss-reactive ketones (excluding diaryl/α,β-unsaturated/α-hetero) is 1. The molecule has 0 aliphatic carbocycles. The predicted molar refractivity (Wildman–Crippen MR) is 142 cm³/mol. The third-order valence-corrected chi connectivity index (χ3v) is 6.57. The number of methoxy groups -OCH3 is 1. The number of carbonyl (C=O) groups is 3. The van der Waals surface area contributed by atoms with E-state index in [4.69, 9.17) is 9.26 Å². The number of hydrogen-bond donors (Lipinski definition) is 2. The van der Waals surface area contributed by atoms with Crippen LogP contribution in [0.3, 0.4) is 0 Å². The van der Waals surface area contributed by atoms with Crippen LogP contribution < -0.4 is 15.4 Å². The quantitative estimate of drug-likeness (QED) is 0.349. The van der Waals surface area contributed by atoms with Gasteiger partial charge in [-0.15, -0.1) is 11.8 Å². The van der Waals surface area contributed by atoms with Gasteiger partial charge >= 0.3 is 0 Å². The van der Waals surface area contributed by atoms with E-state index in [-0.39, 0.29) is 30.6 Å². The average molecular weight is 525 g/mol. The van der Waals surface area contributed by atoms with Crippen molar-refractivity contribution in [3.8, 4) is 17.2 Å². The summed E-state index contributed by atoms with van der Waals surface area (Å²) in [6.07, 6.45) is -0.0182. The van der Waals surface area contributed by atoms with Crippen molar-refractivity contribution in [3.05, 3.63) is 65.5 Å². The van der Waals surface area contributed by atoms with Crippen LogP contribution in [0.25, 0.3) is 11.5 Å². The first kappa shape index (κ1) is 27.9. The minimum Gasteiger partial charge on any atom is -0.496 e. The Balaban J connectivity index is 1.54. The summed E-state index contributed by atoms with van der Waals surface area (Å²) >= 11 is 1.50. The molecule has 0 aliphatic heterocycles. The largest absolute Gasteiger partial charge is 0.496 e. The fraction of sp³-hybridized carbons (Fsp3) is 0.370. The molecule has 196 valence electrons. The molecule has 3 aromatic rings. The van der Waals surface area contributed by atoms with E-state index in [2.05, 4.69) is 20.8 Å². The number of benzene rings is 2. The molecule has 2 aromatic carbocycles. The molecule has 2 N–H and O–H groups in total. The van der Waals surface area contributed by atoms with Gasteiger partial charge in [-0.3, -0.25) is 14.4 Å². The molecular formula is C27H32N4O5S. The van der Waals surface area contributed by atoms with Gasteiger partial charge in [0.05, 0.1) is 25.8 Å². The van der Waals surface area contributed by atoms with Crippen LogP contribution in [-0.2, 0) is 26.6 Å². The van der Waals surface area contributed by atoms with Gasteiger partial charge in [0.1, 0.15) is 11.8 Å². The summed E-state index contributed by atoms with van der Waals surface area (Å²) in [6, 6.07) is 14.3. The molecule has 1 heterocycles. The van der Waals surface area contributed by atoms with Crippen molar-refractivity contribution in [1.82, 2.24) is 20.8 Å². The van der Waals surface area contributed by atoms with Crippen molar-refractivity contribution in [2.45, 2.75) is 39.0 Å². The first-order valence-electron chi connectivity index (χ1n) is 11.9. The molecule has 3 rings (SSSR count). The van der Waals surface area contributed by atoms with Crippen LogP contribution in [-0.4, -0.2) is 53.2 Å². The number of rotatable bonds is 13. The first-order valence-corrected chi connectivity index (χ1v) is 13.1. The van der Waals surface area contributed by atoms with Crippen LogP contribution in [0.2, 0.25) is 0 Å². The van der Waals surface area contributed by atoms with Crippen molar-refractivity contribution in [2.24, 2.45) is 5.92 Å². The number of nitrogens with one attached hydrogen (secondary N) is 2. The van der Waals surface area contributed by atoms with Crippen LogP contribution in [0.15, 0.2) is 53.1 Å². The van der Waals surface area contributed by atoms with Crippen molar-refractivity contribution in [3.63, 3.8) is 0 Å². The minimum absolute atomic E-state index is 0.0182. The lowest BCUT2D eigenvalue weighted by Crippen LogP contribution is -2.51. The summed E-state index contributed by atoms with van der Waals surface area (Å²) in [5.41, 5.74) is 2.41. The van der Waals surface area contributed by atoms with Crippen LogP contribution in [0, 0.1) is 12.8 Å². The Morgan fingerprint density at radius 1 is 1.11 bits per heavy atom. The second kappa shape index (κ2) is 13.6. The zero-order valence-corrected chi connectivity index (χ0v) is 22.3. The number of nitrogens with zero attached hydrogens (tertiary/aromatic N) is 2. The second-order valence-corrected chi connectivity index (χ2v) is 9.86. The average Bonchev–Trinajstić information content (AvgIpc) is 3.32. The van der Waals surface area contributed by atoms with E-state index in [1.165, 1.54) is 18.9 Å². The molecule has 1 atom stereocenters. The molecular weight excluding hydrogens is 492 g/mol. The zero-order valence-electron chi connectivity index (χ0n) is 21.4. The molecule has 37 heavy (non-hydrogen) atoms. The van der Waals surface area contributed by atoms with E-state index < -0.39 is 11.9 Å². The maximum atomic E-state index is 12.9. The second-order valence-electron chi connectivity index (χ2n) is 8.87. The number of aryl methyl sites for hydroxylation is 1. The monoisotopic (exact) mass is 524 g/mol. The normalized spacial score (nSPS) is 11.7. The lowest BCUT2D eigenvalue weighted by molar-refractivity contribution is -0.130. The fourth-order valence-electron chi connectivity index (χ4n) is 3.60. The molecule has 0 bridgehead atoms. The maximum Gasteiger partial charge on any atom is 0.257 e. The number of carbonyl (C=O) groups excluding carboxylic acids is 3. The minimum atomic E-state index is -0.787. The van der Waals surface area contributed by atoms with Crippen LogP contribution >= 0.6 is 11.8 Å². The number of ether oxygens (including phenoxy) is 1. The standard InChI is InChI=1S/C27H32N4O5S/c1-17(2)25(26(34)28-14-22(32)16-37-15-19-8-6-5-7-9-19)30-24(33)13-21-12-20(10-11-23(21)35-4)27-29-18(3)31-36-27/h5-12,17,25H,13-16H2,1-4H3,(H,28,34)(H,30,33). The summed E-state index contributed by atoms with van der Waals surface area (Å²) in [7, 11) is 1.52. The Morgan fingerprint density at radius 3 is 2.51 bits per heavy atom. The van der Waals surface area contributed by atoms with Crippen molar-refractivity contribution in [2.75, 3.05) is 19.4 Å². The van der Waals surface area contributed by atoms with Gasteiger partial charge in [0, 0.05) is 16.9 Å². The molecule has 10 heteroatoms. The third-order valence-electron chi connectivity index (χ3n) is 5.51. The highest BCUT2D eigenvalue weighted by Crippen LogP contribution is 2.26. The molecule has 0 saturated carbocycles. The summed E-state index contributed by atoms with van der Waals surface area (Å²) in [5.74, 6) is 1.38. The third kappa shape index (κ3) is 8.45. The van der Waals surface area contributed by atoms with Crippen molar-refractivity contribution >= 4 is 29.4 Å². The molecule has 0 spiro atoms. The lowest BCUT2D eigenvalue weighted by Gasteiger charge is -2.22. The molecule has 0 aliphatic rings. The highest BCUT2D eigenvalue weighted by atomic mass is 32.2. The van der Waals surface area contributed by atoms with Gasteiger partial charge < -0.3 is 19.9 Å². The van der Waals surface area contributed by atoms with E-state index in [9.17, 15) is 14.4 Å². The van der Waals surface area contributed by atoms with Gasteiger partial charge in [0.15, 0.2) is 11.6 Å². The molecule has 1 unspecified atom stereocenters. The molecule has 0 radical (unpaired) electrons. The van der Waals surface area contributed by atoms with Crippen LogP contribution in [0.5, 0.6) is 5.75 Å². The van der Waals surface area contributed by atoms with E-state index in [1.807, 2.05) is 44.2 Å². The fourth-order valence-corrected chi connectivity index (χ4v) is 4.46. The summed E-state index contributed by atoms with van der Waals surface area (Å²) in [5, 5.41) is 9.26. The Labute approximate surface area is 220 Å². The number of hydrogen-bond acceptors (Lipinski definition) is 8.